The van der Waals surface area contributed by atoms with Crippen LogP contribution >= 0.6 is 0 Å². The average molecular weight is 144 g/mol. The molecule has 0 aromatic rings. The van der Waals surface area contributed by atoms with Crippen LogP contribution in [0.3, 0.4) is 0 Å². The highest BCUT2D eigenvalue weighted by atomic mass is 16.3. The normalized spacial score (nSPS) is 35.1. The standard InChI is InChI=1S/C7H16N2O/c1-7(2)5-8(3)6(10)9(7)4/h6,10H,5H2,1-4H3. The molecule has 3 nitrogen and oxygen atoms in total. The maximum atomic E-state index is 9.45. The van der Waals surface area contributed by atoms with Gasteiger partial charge in [-0.3, -0.25) is 9.80 Å². The Morgan fingerprint density at radius 1 is 1.40 bits per heavy atom. The second kappa shape index (κ2) is 2.19. The molecule has 0 radical (unpaired) electrons. The summed E-state index contributed by atoms with van der Waals surface area (Å²) in [6.07, 6.45) is -0.407. The zero-order chi connectivity index (χ0) is 7.94. The van der Waals surface area contributed by atoms with E-state index in [1.165, 1.54) is 0 Å². The van der Waals surface area contributed by atoms with E-state index in [9.17, 15) is 5.11 Å². The molecule has 0 amide bonds. The maximum absolute atomic E-state index is 9.45. The summed E-state index contributed by atoms with van der Waals surface area (Å²) in [5.74, 6) is 0. The molecule has 1 saturated heterocycles. The smallest absolute Gasteiger partial charge is 0.165 e. The van der Waals surface area contributed by atoms with Gasteiger partial charge in [0.25, 0.3) is 0 Å². The minimum atomic E-state index is -0.407. The largest absolute Gasteiger partial charge is 0.365 e. The Bertz CT molecular complexity index is 136. The van der Waals surface area contributed by atoms with Crippen molar-refractivity contribution in [3.8, 4) is 0 Å². The van der Waals surface area contributed by atoms with E-state index in [2.05, 4.69) is 13.8 Å². The molecule has 60 valence electrons. The van der Waals surface area contributed by atoms with Crippen LogP contribution in [-0.2, 0) is 0 Å². The summed E-state index contributed by atoms with van der Waals surface area (Å²) in [6.45, 7) is 5.17. The van der Waals surface area contributed by atoms with Crippen molar-refractivity contribution >= 4 is 0 Å². The molecule has 0 aromatic heterocycles. The Labute approximate surface area is 62.2 Å². The van der Waals surface area contributed by atoms with Gasteiger partial charge in [-0.1, -0.05) is 0 Å². The average Bonchev–Trinajstić information content (AvgIpc) is 1.95. The van der Waals surface area contributed by atoms with Crippen molar-refractivity contribution in [1.82, 2.24) is 9.80 Å². The molecule has 0 aliphatic carbocycles. The summed E-state index contributed by atoms with van der Waals surface area (Å²) in [5.41, 5.74) is 0.105. The highest BCUT2D eigenvalue weighted by Gasteiger charge is 2.39. The van der Waals surface area contributed by atoms with E-state index in [0.29, 0.717) is 0 Å². The van der Waals surface area contributed by atoms with Gasteiger partial charge in [-0.2, -0.15) is 0 Å². The minimum absolute atomic E-state index is 0.105. The van der Waals surface area contributed by atoms with E-state index in [-0.39, 0.29) is 5.54 Å². The molecule has 10 heavy (non-hydrogen) atoms. The van der Waals surface area contributed by atoms with Crippen molar-refractivity contribution < 1.29 is 5.11 Å². The third kappa shape index (κ3) is 1.05. The van der Waals surface area contributed by atoms with Crippen molar-refractivity contribution in [2.75, 3.05) is 20.6 Å². The number of aliphatic hydroxyl groups excluding tert-OH is 1. The first-order chi connectivity index (χ1) is 4.45. The number of nitrogens with zero attached hydrogens (tertiary/aromatic N) is 2. The molecule has 0 aromatic carbocycles. The number of rotatable bonds is 0. The highest BCUT2D eigenvalue weighted by molar-refractivity contribution is 4.89. The number of likely N-dealkylation sites (N-methyl/N-ethyl adjacent to an activating group) is 2. The lowest BCUT2D eigenvalue weighted by Crippen LogP contribution is -2.41. The predicted molar refractivity (Wildman–Crippen MR) is 40.5 cm³/mol. The topological polar surface area (TPSA) is 26.7 Å². The zero-order valence-corrected chi connectivity index (χ0v) is 7.13. The molecule has 1 N–H and O–H groups in total. The highest BCUT2D eigenvalue weighted by Crippen LogP contribution is 2.24. The molecule has 1 aliphatic heterocycles. The lowest BCUT2D eigenvalue weighted by molar-refractivity contribution is -0.0502. The van der Waals surface area contributed by atoms with Crippen LogP contribution in [0.4, 0.5) is 0 Å². The van der Waals surface area contributed by atoms with Crippen molar-refractivity contribution in [2.24, 2.45) is 0 Å². The van der Waals surface area contributed by atoms with Gasteiger partial charge in [0.1, 0.15) is 0 Å². The van der Waals surface area contributed by atoms with Gasteiger partial charge in [0.05, 0.1) is 0 Å². The molecule has 1 rings (SSSR count). The zero-order valence-electron chi connectivity index (χ0n) is 7.13. The Morgan fingerprint density at radius 3 is 2.00 bits per heavy atom. The van der Waals surface area contributed by atoms with Gasteiger partial charge >= 0.3 is 0 Å². The molecular weight excluding hydrogens is 128 g/mol. The number of hydrogen-bond acceptors (Lipinski definition) is 3. The summed E-state index contributed by atoms with van der Waals surface area (Å²) < 4.78 is 0. The third-order valence-electron chi connectivity index (χ3n) is 2.33. The van der Waals surface area contributed by atoms with Crippen molar-refractivity contribution in [3.05, 3.63) is 0 Å². The van der Waals surface area contributed by atoms with Crippen LogP contribution in [0, 0.1) is 0 Å². The van der Waals surface area contributed by atoms with Crippen molar-refractivity contribution in [1.29, 1.82) is 0 Å². The van der Waals surface area contributed by atoms with Gasteiger partial charge < -0.3 is 5.11 Å². The van der Waals surface area contributed by atoms with Crippen molar-refractivity contribution in [3.63, 3.8) is 0 Å². The molecule has 1 atom stereocenters. The second-order valence-corrected chi connectivity index (χ2v) is 3.68. The van der Waals surface area contributed by atoms with Gasteiger partial charge in [0.2, 0.25) is 0 Å². The molecule has 0 bridgehead atoms. The summed E-state index contributed by atoms with van der Waals surface area (Å²) in [6, 6.07) is 0. The first kappa shape index (κ1) is 7.98. The fourth-order valence-electron chi connectivity index (χ4n) is 1.41. The van der Waals surface area contributed by atoms with Gasteiger partial charge in [-0.05, 0) is 27.9 Å². The molecule has 0 spiro atoms. The first-order valence-electron chi connectivity index (χ1n) is 3.56. The van der Waals surface area contributed by atoms with Crippen LogP contribution in [-0.4, -0.2) is 47.4 Å². The lowest BCUT2D eigenvalue weighted by Gasteiger charge is -2.27. The van der Waals surface area contributed by atoms with E-state index in [1.807, 2.05) is 23.9 Å². The molecule has 1 heterocycles. The van der Waals surface area contributed by atoms with Gasteiger partial charge in [-0.25, -0.2) is 0 Å². The Balaban J connectivity index is 2.71. The SMILES string of the molecule is CN1CC(C)(C)N(C)C1O. The molecule has 1 aliphatic rings. The van der Waals surface area contributed by atoms with Crippen LogP contribution in [0.15, 0.2) is 0 Å². The van der Waals surface area contributed by atoms with Crippen LogP contribution in [0.2, 0.25) is 0 Å². The molecule has 1 unspecified atom stereocenters. The monoisotopic (exact) mass is 144 g/mol. The fourth-order valence-corrected chi connectivity index (χ4v) is 1.41. The fraction of sp³-hybridized carbons (Fsp3) is 1.00. The summed E-state index contributed by atoms with van der Waals surface area (Å²) in [5, 5.41) is 9.45. The van der Waals surface area contributed by atoms with E-state index in [0.717, 1.165) is 6.54 Å². The van der Waals surface area contributed by atoms with E-state index in [1.54, 1.807) is 0 Å². The summed E-state index contributed by atoms with van der Waals surface area (Å²) in [7, 11) is 3.87. The lowest BCUT2D eigenvalue weighted by atomic mass is 10.1. The molecule has 1 fully saturated rings. The second-order valence-electron chi connectivity index (χ2n) is 3.68. The van der Waals surface area contributed by atoms with Gasteiger partial charge in [0.15, 0.2) is 6.35 Å². The van der Waals surface area contributed by atoms with E-state index >= 15 is 0 Å². The summed E-state index contributed by atoms with van der Waals surface area (Å²) in [4.78, 5) is 3.90. The van der Waals surface area contributed by atoms with Gasteiger partial charge in [0, 0.05) is 12.1 Å². The van der Waals surface area contributed by atoms with Crippen LogP contribution in [0.5, 0.6) is 0 Å². The van der Waals surface area contributed by atoms with Crippen LogP contribution < -0.4 is 0 Å². The van der Waals surface area contributed by atoms with E-state index < -0.39 is 6.35 Å². The van der Waals surface area contributed by atoms with Crippen molar-refractivity contribution in [2.45, 2.75) is 25.7 Å². The molecule has 3 heteroatoms. The number of hydrogen-bond donors (Lipinski definition) is 1. The Morgan fingerprint density at radius 2 is 1.90 bits per heavy atom. The van der Waals surface area contributed by atoms with Gasteiger partial charge in [-0.15, -0.1) is 0 Å². The Hall–Kier alpha value is -0.120. The van der Waals surface area contributed by atoms with Crippen LogP contribution in [0.1, 0.15) is 13.8 Å². The minimum Gasteiger partial charge on any atom is -0.365 e. The number of aliphatic hydroxyl groups is 1. The summed E-state index contributed by atoms with van der Waals surface area (Å²) >= 11 is 0. The van der Waals surface area contributed by atoms with Crippen LogP contribution in [0.25, 0.3) is 0 Å². The third-order valence-corrected chi connectivity index (χ3v) is 2.33. The first-order valence-corrected chi connectivity index (χ1v) is 3.56. The molecular formula is C7H16N2O. The molecule has 0 saturated carbocycles. The Kier molecular flexibility index (Phi) is 1.75. The maximum Gasteiger partial charge on any atom is 0.165 e. The van der Waals surface area contributed by atoms with E-state index in [4.69, 9.17) is 0 Å². The predicted octanol–water partition coefficient (Wildman–Crippen LogP) is -0.0819. The quantitative estimate of drug-likeness (QED) is 0.515.